The second-order valence-corrected chi connectivity index (χ2v) is 5.11. The second-order valence-electron chi connectivity index (χ2n) is 4.19. The Kier molecular flexibility index (Phi) is 4.31. The van der Waals surface area contributed by atoms with Gasteiger partial charge >= 0.3 is 5.97 Å². The number of aliphatic carboxylic acids is 1. The second kappa shape index (κ2) is 5.77. The van der Waals surface area contributed by atoms with Gasteiger partial charge in [-0.15, -0.1) is 0 Å². The quantitative estimate of drug-likeness (QED) is 0.889. The van der Waals surface area contributed by atoms with E-state index in [0.29, 0.717) is 17.6 Å². The fourth-order valence-corrected chi connectivity index (χ4v) is 2.48. The van der Waals surface area contributed by atoms with E-state index in [2.05, 4.69) is 21.2 Å². The topological polar surface area (TPSA) is 52.6 Å². The summed E-state index contributed by atoms with van der Waals surface area (Å²) >= 11 is 3.17. The summed E-state index contributed by atoms with van der Waals surface area (Å²) < 4.78 is 14.5. The normalized spacial score (nSPS) is 18.6. The Labute approximate surface area is 113 Å². The fourth-order valence-electron chi connectivity index (χ4n) is 2.15. The Bertz CT molecular complexity index is 450. The predicted molar refractivity (Wildman–Crippen MR) is 68.9 cm³/mol. The van der Waals surface area contributed by atoms with E-state index in [9.17, 15) is 14.3 Å². The van der Waals surface area contributed by atoms with Crippen LogP contribution in [-0.2, 0) is 4.79 Å². The number of carboxylic acid groups (broad SMARTS) is 1. The summed E-state index contributed by atoms with van der Waals surface area (Å²) in [4.78, 5) is 13.2. The Hall–Kier alpha value is -0.980. The van der Waals surface area contributed by atoms with Crippen molar-refractivity contribution in [3.63, 3.8) is 0 Å². The summed E-state index contributed by atoms with van der Waals surface area (Å²) in [5.74, 6) is -1.51. The SMILES string of the molecule is O=C(O)C(c1ccc(Br)cc1F)N1CCNCC1. The van der Waals surface area contributed by atoms with Crippen LogP contribution in [0.15, 0.2) is 22.7 Å². The molecule has 0 bridgehead atoms. The van der Waals surface area contributed by atoms with Crippen LogP contribution in [0, 0.1) is 5.82 Å². The number of nitrogens with zero attached hydrogens (tertiary/aromatic N) is 1. The first-order valence-electron chi connectivity index (χ1n) is 5.72. The molecule has 2 rings (SSSR count). The van der Waals surface area contributed by atoms with Crippen molar-refractivity contribution in [3.05, 3.63) is 34.1 Å². The number of carbonyl (C=O) groups is 1. The van der Waals surface area contributed by atoms with Crippen molar-refractivity contribution in [1.82, 2.24) is 10.2 Å². The molecular weight excluding hydrogens is 303 g/mol. The average Bonchev–Trinajstić information content (AvgIpc) is 2.33. The molecule has 0 aromatic heterocycles. The standard InChI is InChI=1S/C12H14BrFN2O2/c13-8-1-2-9(10(14)7-8)11(12(17)18)16-5-3-15-4-6-16/h1-2,7,11,15H,3-6H2,(H,17,18). The lowest BCUT2D eigenvalue weighted by Crippen LogP contribution is -2.47. The summed E-state index contributed by atoms with van der Waals surface area (Å²) in [6.45, 7) is 2.66. The fraction of sp³-hybridized carbons (Fsp3) is 0.417. The van der Waals surface area contributed by atoms with Crippen LogP contribution in [0.3, 0.4) is 0 Å². The number of carboxylic acids is 1. The number of piperazine rings is 1. The van der Waals surface area contributed by atoms with E-state index in [1.165, 1.54) is 12.1 Å². The third-order valence-corrected chi connectivity index (χ3v) is 3.50. The molecule has 1 aliphatic rings. The predicted octanol–water partition coefficient (Wildman–Crippen LogP) is 1.62. The van der Waals surface area contributed by atoms with Crippen molar-refractivity contribution < 1.29 is 14.3 Å². The summed E-state index contributed by atoms with van der Waals surface area (Å²) in [5.41, 5.74) is 0.215. The van der Waals surface area contributed by atoms with E-state index >= 15 is 0 Å². The number of nitrogens with one attached hydrogen (secondary N) is 1. The molecule has 0 spiro atoms. The third-order valence-electron chi connectivity index (χ3n) is 3.01. The minimum absolute atomic E-state index is 0.215. The maximum absolute atomic E-state index is 13.9. The maximum Gasteiger partial charge on any atom is 0.325 e. The molecule has 98 valence electrons. The molecular formula is C12H14BrFN2O2. The molecule has 0 aliphatic carbocycles. The van der Waals surface area contributed by atoms with Gasteiger partial charge in [0, 0.05) is 36.2 Å². The van der Waals surface area contributed by atoms with Gasteiger partial charge in [-0.3, -0.25) is 9.69 Å². The van der Waals surface area contributed by atoms with Crippen molar-refractivity contribution in [2.45, 2.75) is 6.04 Å². The van der Waals surface area contributed by atoms with Crippen molar-refractivity contribution in [1.29, 1.82) is 0 Å². The van der Waals surface area contributed by atoms with Gasteiger partial charge in [0.25, 0.3) is 0 Å². The Morgan fingerprint density at radius 3 is 2.67 bits per heavy atom. The van der Waals surface area contributed by atoms with Gasteiger partial charge in [0.1, 0.15) is 11.9 Å². The largest absolute Gasteiger partial charge is 0.480 e. The summed E-state index contributed by atoms with van der Waals surface area (Å²) in [6.07, 6.45) is 0. The molecule has 2 N–H and O–H groups in total. The van der Waals surface area contributed by atoms with E-state index in [1.54, 1.807) is 11.0 Å². The molecule has 1 unspecified atom stereocenters. The van der Waals surface area contributed by atoms with Gasteiger partial charge in [0.05, 0.1) is 0 Å². The van der Waals surface area contributed by atoms with Gasteiger partial charge < -0.3 is 10.4 Å². The Morgan fingerprint density at radius 2 is 2.11 bits per heavy atom. The highest BCUT2D eigenvalue weighted by Gasteiger charge is 2.30. The maximum atomic E-state index is 13.9. The third kappa shape index (κ3) is 2.88. The molecule has 1 aromatic carbocycles. The Morgan fingerprint density at radius 1 is 1.44 bits per heavy atom. The van der Waals surface area contributed by atoms with Gasteiger partial charge in [-0.25, -0.2) is 4.39 Å². The van der Waals surface area contributed by atoms with E-state index in [1.807, 2.05) is 0 Å². The molecule has 0 amide bonds. The molecule has 1 aliphatic heterocycles. The molecule has 1 saturated heterocycles. The van der Waals surface area contributed by atoms with E-state index in [0.717, 1.165) is 13.1 Å². The van der Waals surface area contributed by atoms with Gasteiger partial charge in [-0.05, 0) is 12.1 Å². The first-order chi connectivity index (χ1) is 8.59. The van der Waals surface area contributed by atoms with Crippen LogP contribution in [0.25, 0.3) is 0 Å². The smallest absolute Gasteiger partial charge is 0.325 e. The lowest BCUT2D eigenvalue weighted by molar-refractivity contribution is -0.144. The lowest BCUT2D eigenvalue weighted by Gasteiger charge is -2.32. The van der Waals surface area contributed by atoms with Crippen molar-refractivity contribution >= 4 is 21.9 Å². The monoisotopic (exact) mass is 316 g/mol. The molecule has 0 saturated carbocycles. The zero-order valence-electron chi connectivity index (χ0n) is 9.70. The van der Waals surface area contributed by atoms with Crippen LogP contribution in [-0.4, -0.2) is 42.2 Å². The molecule has 6 heteroatoms. The van der Waals surface area contributed by atoms with Gasteiger partial charge in [-0.1, -0.05) is 22.0 Å². The van der Waals surface area contributed by atoms with E-state index < -0.39 is 17.8 Å². The highest BCUT2D eigenvalue weighted by atomic mass is 79.9. The summed E-state index contributed by atoms with van der Waals surface area (Å²) in [6, 6.07) is 3.57. The lowest BCUT2D eigenvalue weighted by atomic mass is 10.0. The highest BCUT2D eigenvalue weighted by molar-refractivity contribution is 9.10. The van der Waals surface area contributed by atoms with E-state index in [-0.39, 0.29) is 5.56 Å². The van der Waals surface area contributed by atoms with Crippen molar-refractivity contribution in [2.24, 2.45) is 0 Å². The minimum Gasteiger partial charge on any atom is -0.480 e. The highest BCUT2D eigenvalue weighted by Crippen LogP contribution is 2.26. The zero-order chi connectivity index (χ0) is 13.1. The molecule has 1 aromatic rings. The molecule has 1 heterocycles. The van der Waals surface area contributed by atoms with Gasteiger partial charge in [-0.2, -0.15) is 0 Å². The minimum atomic E-state index is -1.02. The number of rotatable bonds is 3. The van der Waals surface area contributed by atoms with Crippen LogP contribution < -0.4 is 5.32 Å². The molecule has 1 atom stereocenters. The number of hydrogen-bond donors (Lipinski definition) is 2. The van der Waals surface area contributed by atoms with Crippen LogP contribution in [0.2, 0.25) is 0 Å². The van der Waals surface area contributed by atoms with Crippen LogP contribution in [0.4, 0.5) is 4.39 Å². The molecule has 0 radical (unpaired) electrons. The Balaban J connectivity index is 2.31. The first-order valence-corrected chi connectivity index (χ1v) is 6.51. The average molecular weight is 317 g/mol. The molecule has 1 fully saturated rings. The van der Waals surface area contributed by atoms with Gasteiger partial charge in [0.15, 0.2) is 0 Å². The van der Waals surface area contributed by atoms with Crippen LogP contribution >= 0.6 is 15.9 Å². The number of benzene rings is 1. The number of hydrogen-bond acceptors (Lipinski definition) is 3. The zero-order valence-corrected chi connectivity index (χ0v) is 11.3. The summed E-state index contributed by atoms with van der Waals surface area (Å²) in [7, 11) is 0. The molecule has 4 nitrogen and oxygen atoms in total. The van der Waals surface area contributed by atoms with Crippen molar-refractivity contribution in [3.8, 4) is 0 Å². The number of halogens is 2. The summed E-state index contributed by atoms with van der Waals surface area (Å²) in [5, 5.41) is 12.5. The van der Waals surface area contributed by atoms with Crippen LogP contribution in [0.5, 0.6) is 0 Å². The molecule has 18 heavy (non-hydrogen) atoms. The van der Waals surface area contributed by atoms with Crippen molar-refractivity contribution in [2.75, 3.05) is 26.2 Å². The van der Waals surface area contributed by atoms with Crippen LogP contribution in [0.1, 0.15) is 11.6 Å². The van der Waals surface area contributed by atoms with Gasteiger partial charge in [0.2, 0.25) is 0 Å². The van der Waals surface area contributed by atoms with E-state index in [4.69, 9.17) is 0 Å². The first kappa shape index (κ1) is 13.5.